The molecule has 0 spiro atoms. The van der Waals surface area contributed by atoms with Gasteiger partial charge in [0.05, 0.1) is 4.90 Å². The zero-order chi connectivity index (χ0) is 11.1. The minimum absolute atomic E-state index is 0. The van der Waals surface area contributed by atoms with Crippen LogP contribution >= 0.6 is 0 Å². The Morgan fingerprint density at radius 3 is 2.38 bits per heavy atom. The molecule has 2 aromatic rings. The van der Waals surface area contributed by atoms with E-state index in [0.717, 1.165) is 6.07 Å². The van der Waals surface area contributed by atoms with Gasteiger partial charge >= 0.3 is 51.4 Å². The number of fused-ring (bicyclic) bond motifs is 1. The molecule has 0 amide bonds. The van der Waals surface area contributed by atoms with E-state index >= 15 is 0 Å². The van der Waals surface area contributed by atoms with Gasteiger partial charge in [-0.2, -0.15) is 8.42 Å². The van der Waals surface area contributed by atoms with E-state index in [-0.39, 0.29) is 56.3 Å². The second-order valence-corrected chi connectivity index (χ2v) is 4.54. The van der Waals surface area contributed by atoms with Gasteiger partial charge in [-0.3, -0.25) is 4.55 Å². The van der Waals surface area contributed by atoms with Crippen molar-refractivity contribution < 1.29 is 69.5 Å². The van der Waals surface area contributed by atoms with E-state index in [9.17, 15) is 13.5 Å². The zero-order valence-electron chi connectivity index (χ0n) is 8.54. The van der Waals surface area contributed by atoms with E-state index in [0.29, 0.717) is 10.8 Å². The van der Waals surface area contributed by atoms with Crippen molar-refractivity contribution in [2.24, 2.45) is 0 Å². The molecule has 2 aromatic carbocycles. The molecule has 78 valence electrons. The summed E-state index contributed by atoms with van der Waals surface area (Å²) >= 11 is 0. The Hall–Kier alpha value is 0.0464. The molecule has 4 nitrogen and oxygen atoms in total. The summed E-state index contributed by atoms with van der Waals surface area (Å²) in [6.07, 6.45) is 0. The molecule has 0 atom stereocenters. The van der Waals surface area contributed by atoms with Gasteiger partial charge in [-0.1, -0.05) is 30.0 Å². The summed E-state index contributed by atoms with van der Waals surface area (Å²) in [4.78, 5) is -0.369. The van der Waals surface area contributed by atoms with Gasteiger partial charge in [-0.25, -0.2) is 0 Å². The second kappa shape index (κ2) is 5.13. The largest absolute Gasteiger partial charge is 1.00 e. The van der Waals surface area contributed by atoms with Crippen LogP contribution in [0.5, 0.6) is 5.75 Å². The standard InChI is InChI=1S/C10H8O4S.K/c11-10-6-8(15(12,13)14)5-7-3-1-2-4-9(7)10;/h1-6,11H,(H,12,13,14);/q;+1/p-1. The molecule has 16 heavy (non-hydrogen) atoms. The summed E-state index contributed by atoms with van der Waals surface area (Å²) in [5, 5.41) is 12.4. The maximum atomic E-state index is 11.5. The fraction of sp³-hybridized carbons (Fsp3) is 0. The molecular weight excluding hydrogens is 255 g/mol. The molecule has 6 heteroatoms. The fourth-order valence-corrected chi connectivity index (χ4v) is 1.93. The molecule has 0 aliphatic rings. The van der Waals surface area contributed by atoms with Crippen LogP contribution in [0, 0.1) is 0 Å². The molecule has 0 unspecified atom stereocenters. The van der Waals surface area contributed by atoms with E-state index < -0.39 is 15.9 Å². The smallest absolute Gasteiger partial charge is 0.872 e. The molecule has 0 aliphatic carbocycles. The predicted molar refractivity (Wildman–Crippen MR) is 53.2 cm³/mol. The van der Waals surface area contributed by atoms with Crippen molar-refractivity contribution >= 4 is 20.9 Å². The van der Waals surface area contributed by atoms with Crippen LogP contribution in [-0.4, -0.2) is 13.0 Å². The number of hydrogen-bond acceptors (Lipinski definition) is 3. The van der Waals surface area contributed by atoms with Gasteiger partial charge in [0.2, 0.25) is 0 Å². The number of hydrogen-bond donors (Lipinski definition) is 1. The SMILES string of the molecule is O=S(=O)(O)c1cc([O-])c2ccccc2c1.[K+]. The van der Waals surface area contributed by atoms with Crippen LogP contribution in [0.4, 0.5) is 0 Å². The summed E-state index contributed by atoms with van der Waals surface area (Å²) in [5.74, 6) is -0.416. The van der Waals surface area contributed by atoms with Gasteiger partial charge in [0.25, 0.3) is 10.1 Å². The zero-order valence-corrected chi connectivity index (χ0v) is 12.5. The van der Waals surface area contributed by atoms with Gasteiger partial charge < -0.3 is 5.11 Å². The molecule has 0 aromatic heterocycles. The van der Waals surface area contributed by atoms with Crippen molar-refractivity contribution in [3.8, 4) is 5.75 Å². The van der Waals surface area contributed by atoms with Crippen molar-refractivity contribution in [1.29, 1.82) is 0 Å². The van der Waals surface area contributed by atoms with Gasteiger partial charge in [-0.15, -0.1) is 0 Å². The number of benzene rings is 2. The third-order valence-electron chi connectivity index (χ3n) is 2.10. The quantitative estimate of drug-likeness (QED) is 0.484. The first kappa shape index (κ1) is 14.1. The normalized spacial score (nSPS) is 11.1. The average molecular weight is 262 g/mol. The average Bonchev–Trinajstić information content (AvgIpc) is 2.16. The van der Waals surface area contributed by atoms with Crippen molar-refractivity contribution in [3.05, 3.63) is 36.4 Å². The molecular formula is C10H7KO4S. The first-order valence-corrected chi connectivity index (χ1v) is 5.60. The van der Waals surface area contributed by atoms with Crippen molar-refractivity contribution in [1.82, 2.24) is 0 Å². The van der Waals surface area contributed by atoms with Crippen molar-refractivity contribution in [3.63, 3.8) is 0 Å². The van der Waals surface area contributed by atoms with Crippen LogP contribution in [0.3, 0.4) is 0 Å². The summed E-state index contributed by atoms with van der Waals surface area (Å²) in [6, 6.07) is 8.78. The molecule has 0 heterocycles. The van der Waals surface area contributed by atoms with Crippen LogP contribution in [0.2, 0.25) is 0 Å². The Labute approximate surface area is 135 Å². The maximum Gasteiger partial charge on any atom is 1.00 e. The molecule has 0 aliphatic heterocycles. The Morgan fingerprint density at radius 1 is 1.12 bits per heavy atom. The number of rotatable bonds is 1. The molecule has 0 saturated heterocycles. The first-order valence-electron chi connectivity index (χ1n) is 4.16. The van der Waals surface area contributed by atoms with E-state index in [4.69, 9.17) is 4.55 Å². The van der Waals surface area contributed by atoms with E-state index in [1.807, 2.05) is 0 Å². The van der Waals surface area contributed by atoms with Gasteiger partial charge in [0.1, 0.15) is 0 Å². The van der Waals surface area contributed by atoms with Crippen LogP contribution in [-0.2, 0) is 10.1 Å². The Bertz CT molecular complexity index is 622. The second-order valence-electron chi connectivity index (χ2n) is 3.12. The molecule has 2 rings (SSSR count). The van der Waals surface area contributed by atoms with Gasteiger partial charge in [-0.05, 0) is 22.9 Å². The van der Waals surface area contributed by atoms with Crippen LogP contribution in [0.1, 0.15) is 0 Å². The summed E-state index contributed by atoms with van der Waals surface area (Å²) in [6.45, 7) is 0. The molecule has 0 saturated carbocycles. The Balaban J connectivity index is 0.00000128. The monoisotopic (exact) mass is 262 g/mol. The van der Waals surface area contributed by atoms with E-state index in [2.05, 4.69) is 0 Å². The fourth-order valence-electron chi connectivity index (χ4n) is 1.40. The minimum atomic E-state index is -4.32. The van der Waals surface area contributed by atoms with Gasteiger partial charge in [0, 0.05) is 0 Å². The third-order valence-corrected chi connectivity index (χ3v) is 2.93. The van der Waals surface area contributed by atoms with Gasteiger partial charge in [0.15, 0.2) is 0 Å². The van der Waals surface area contributed by atoms with Crippen molar-refractivity contribution in [2.75, 3.05) is 0 Å². The topological polar surface area (TPSA) is 77.4 Å². The molecule has 0 radical (unpaired) electrons. The molecule has 0 bridgehead atoms. The Morgan fingerprint density at radius 2 is 1.75 bits per heavy atom. The van der Waals surface area contributed by atoms with Crippen molar-refractivity contribution in [2.45, 2.75) is 4.90 Å². The predicted octanol–water partition coefficient (Wildman–Crippen LogP) is -1.84. The maximum absolute atomic E-state index is 11.5. The minimum Gasteiger partial charge on any atom is -0.872 e. The Kier molecular flexibility index (Phi) is 4.53. The van der Waals surface area contributed by atoms with Crippen LogP contribution < -0.4 is 56.5 Å². The molecule has 1 N–H and O–H groups in total. The third kappa shape index (κ3) is 2.83. The van der Waals surface area contributed by atoms with E-state index in [1.54, 1.807) is 24.3 Å². The summed E-state index contributed by atoms with van der Waals surface area (Å²) < 4.78 is 30.5. The first-order chi connectivity index (χ1) is 6.98. The van der Waals surface area contributed by atoms with Crippen LogP contribution in [0.15, 0.2) is 41.3 Å². The van der Waals surface area contributed by atoms with E-state index in [1.165, 1.54) is 6.07 Å². The van der Waals surface area contributed by atoms with Crippen LogP contribution in [0.25, 0.3) is 10.8 Å². The summed E-state index contributed by atoms with van der Waals surface area (Å²) in [5.41, 5.74) is 0. The summed E-state index contributed by atoms with van der Waals surface area (Å²) in [7, 11) is -4.32. The molecule has 0 fully saturated rings.